The molecule has 0 aromatic carbocycles. The third-order valence-electron chi connectivity index (χ3n) is 3.85. The maximum atomic E-state index is 11.7. The number of carbonyl (C=O) groups excluding carboxylic acids is 1. The van der Waals surface area contributed by atoms with Crippen LogP contribution in [0.1, 0.15) is 50.5 Å². The van der Waals surface area contributed by atoms with Crippen molar-refractivity contribution in [2.75, 3.05) is 6.54 Å². The third-order valence-corrected chi connectivity index (χ3v) is 3.85. The Morgan fingerprint density at radius 1 is 1.21 bits per heavy atom. The van der Waals surface area contributed by atoms with Gasteiger partial charge in [-0.25, -0.2) is 9.97 Å². The van der Waals surface area contributed by atoms with E-state index in [9.17, 15) is 4.79 Å². The molecule has 0 atom stereocenters. The quantitative estimate of drug-likeness (QED) is 0.856. The van der Waals surface area contributed by atoms with Crippen LogP contribution in [0.25, 0.3) is 0 Å². The molecule has 1 N–H and O–H groups in total. The smallest absolute Gasteiger partial charge is 0.220 e. The molecular weight excluding hydrogens is 238 g/mol. The summed E-state index contributed by atoms with van der Waals surface area (Å²) < 4.78 is 0. The van der Waals surface area contributed by atoms with E-state index in [0.29, 0.717) is 13.0 Å². The Balaban J connectivity index is 1.57. The molecule has 1 amide bonds. The first-order valence-electron chi connectivity index (χ1n) is 7.35. The van der Waals surface area contributed by atoms with Crippen molar-refractivity contribution in [3.8, 4) is 0 Å². The van der Waals surface area contributed by atoms with Gasteiger partial charge in [-0.15, -0.1) is 0 Å². The number of carbonyl (C=O) groups is 1. The fourth-order valence-corrected chi connectivity index (χ4v) is 2.70. The van der Waals surface area contributed by atoms with E-state index < -0.39 is 0 Å². The predicted molar refractivity (Wildman–Crippen MR) is 74.6 cm³/mol. The van der Waals surface area contributed by atoms with Gasteiger partial charge in [0.05, 0.1) is 0 Å². The van der Waals surface area contributed by atoms with Gasteiger partial charge in [-0.2, -0.15) is 0 Å². The van der Waals surface area contributed by atoms with Gasteiger partial charge in [-0.05, 0) is 24.3 Å². The van der Waals surface area contributed by atoms with Gasteiger partial charge in [0.1, 0.15) is 6.33 Å². The van der Waals surface area contributed by atoms with Crippen LogP contribution in [-0.4, -0.2) is 22.4 Å². The minimum atomic E-state index is 0.183. The summed E-state index contributed by atoms with van der Waals surface area (Å²) in [6.07, 6.45) is 14.3. The van der Waals surface area contributed by atoms with Crippen molar-refractivity contribution in [3.05, 3.63) is 24.3 Å². The molecule has 4 nitrogen and oxygen atoms in total. The second-order valence-electron chi connectivity index (χ2n) is 5.39. The van der Waals surface area contributed by atoms with Crippen molar-refractivity contribution in [1.82, 2.24) is 15.3 Å². The first-order valence-corrected chi connectivity index (χ1v) is 7.35. The highest BCUT2D eigenvalue weighted by Crippen LogP contribution is 2.27. The van der Waals surface area contributed by atoms with Gasteiger partial charge in [0, 0.05) is 25.4 Å². The van der Waals surface area contributed by atoms with Crippen LogP contribution in [0.15, 0.2) is 18.7 Å². The lowest BCUT2D eigenvalue weighted by Crippen LogP contribution is -2.26. The largest absolute Gasteiger partial charge is 0.356 e. The number of hydrogen-bond acceptors (Lipinski definition) is 3. The van der Waals surface area contributed by atoms with Gasteiger partial charge < -0.3 is 5.32 Å². The summed E-state index contributed by atoms with van der Waals surface area (Å²) in [5, 5.41) is 2.98. The lowest BCUT2D eigenvalue weighted by molar-refractivity contribution is -0.121. The van der Waals surface area contributed by atoms with Crippen LogP contribution < -0.4 is 5.32 Å². The molecule has 1 aliphatic carbocycles. The summed E-state index contributed by atoms with van der Waals surface area (Å²) in [6.45, 7) is 0.677. The van der Waals surface area contributed by atoms with E-state index in [4.69, 9.17) is 0 Å². The first kappa shape index (κ1) is 14.0. The van der Waals surface area contributed by atoms with Crippen molar-refractivity contribution < 1.29 is 4.79 Å². The molecule has 19 heavy (non-hydrogen) atoms. The molecule has 104 valence electrons. The van der Waals surface area contributed by atoms with Crippen LogP contribution in [0.5, 0.6) is 0 Å². The monoisotopic (exact) mass is 261 g/mol. The number of amides is 1. The Morgan fingerprint density at radius 3 is 2.68 bits per heavy atom. The van der Waals surface area contributed by atoms with Crippen molar-refractivity contribution in [2.45, 2.75) is 51.4 Å². The summed E-state index contributed by atoms with van der Waals surface area (Å²) in [4.78, 5) is 19.6. The molecule has 0 aliphatic heterocycles. The second kappa shape index (κ2) is 7.87. The molecule has 0 bridgehead atoms. The molecule has 0 spiro atoms. The molecule has 0 radical (unpaired) electrons. The topological polar surface area (TPSA) is 54.9 Å². The van der Waals surface area contributed by atoms with E-state index in [2.05, 4.69) is 15.3 Å². The SMILES string of the molecule is O=C(CCC1CCCCC1)NCCc1cncnc1. The van der Waals surface area contributed by atoms with Crippen molar-refractivity contribution in [1.29, 1.82) is 0 Å². The van der Waals surface area contributed by atoms with E-state index in [-0.39, 0.29) is 5.91 Å². The summed E-state index contributed by atoms with van der Waals surface area (Å²) in [7, 11) is 0. The average Bonchev–Trinajstić information content (AvgIpc) is 2.47. The van der Waals surface area contributed by atoms with Gasteiger partial charge in [0.2, 0.25) is 5.91 Å². The van der Waals surface area contributed by atoms with Crippen LogP contribution in [0.2, 0.25) is 0 Å². The minimum Gasteiger partial charge on any atom is -0.356 e. The van der Waals surface area contributed by atoms with Crippen LogP contribution in [0, 0.1) is 5.92 Å². The summed E-state index contributed by atoms with van der Waals surface area (Å²) in [6, 6.07) is 0. The highest BCUT2D eigenvalue weighted by molar-refractivity contribution is 5.75. The summed E-state index contributed by atoms with van der Waals surface area (Å²) in [5.74, 6) is 0.962. The Hall–Kier alpha value is -1.45. The number of hydrogen-bond donors (Lipinski definition) is 1. The maximum Gasteiger partial charge on any atom is 0.220 e. The van der Waals surface area contributed by atoms with Gasteiger partial charge in [-0.1, -0.05) is 32.1 Å². The van der Waals surface area contributed by atoms with Crippen molar-refractivity contribution in [3.63, 3.8) is 0 Å². The highest BCUT2D eigenvalue weighted by atomic mass is 16.1. The standard InChI is InChI=1S/C15H23N3O/c19-15(7-6-13-4-2-1-3-5-13)18-9-8-14-10-16-12-17-11-14/h10-13H,1-9H2,(H,18,19). The fourth-order valence-electron chi connectivity index (χ4n) is 2.70. The molecule has 1 heterocycles. The van der Waals surface area contributed by atoms with Crippen LogP contribution in [0.4, 0.5) is 0 Å². The van der Waals surface area contributed by atoms with Gasteiger partial charge >= 0.3 is 0 Å². The molecule has 1 aliphatic rings. The Labute approximate surface area is 115 Å². The zero-order valence-electron chi connectivity index (χ0n) is 11.5. The van der Waals surface area contributed by atoms with Crippen LogP contribution >= 0.6 is 0 Å². The number of nitrogens with zero attached hydrogens (tertiary/aromatic N) is 2. The van der Waals surface area contributed by atoms with Crippen molar-refractivity contribution >= 4 is 5.91 Å². The van der Waals surface area contributed by atoms with E-state index in [1.165, 1.54) is 38.4 Å². The lowest BCUT2D eigenvalue weighted by Gasteiger charge is -2.20. The molecule has 1 aromatic heterocycles. The Kier molecular flexibility index (Phi) is 5.79. The number of nitrogens with one attached hydrogen (secondary N) is 1. The van der Waals surface area contributed by atoms with Gasteiger partial charge in [-0.3, -0.25) is 4.79 Å². The highest BCUT2D eigenvalue weighted by Gasteiger charge is 2.14. The van der Waals surface area contributed by atoms with E-state index >= 15 is 0 Å². The lowest BCUT2D eigenvalue weighted by atomic mass is 9.86. The van der Waals surface area contributed by atoms with Crippen LogP contribution in [0.3, 0.4) is 0 Å². The van der Waals surface area contributed by atoms with E-state index in [1.807, 2.05) is 0 Å². The second-order valence-corrected chi connectivity index (χ2v) is 5.39. The average molecular weight is 261 g/mol. The predicted octanol–water partition coefficient (Wildman–Crippen LogP) is 2.50. The maximum absolute atomic E-state index is 11.7. The van der Waals surface area contributed by atoms with Gasteiger partial charge in [0.15, 0.2) is 0 Å². The Morgan fingerprint density at radius 2 is 1.95 bits per heavy atom. The minimum absolute atomic E-state index is 0.183. The Bertz CT molecular complexity index is 374. The van der Waals surface area contributed by atoms with Gasteiger partial charge in [0.25, 0.3) is 0 Å². The normalized spacial score (nSPS) is 16.2. The summed E-state index contributed by atoms with van der Waals surface area (Å²) in [5.41, 5.74) is 1.06. The molecule has 1 saturated carbocycles. The summed E-state index contributed by atoms with van der Waals surface area (Å²) >= 11 is 0. The molecule has 4 heteroatoms. The zero-order valence-corrected chi connectivity index (χ0v) is 11.5. The van der Waals surface area contributed by atoms with E-state index in [0.717, 1.165) is 24.3 Å². The number of rotatable bonds is 6. The fraction of sp³-hybridized carbons (Fsp3) is 0.667. The number of aromatic nitrogens is 2. The molecule has 0 saturated heterocycles. The molecule has 1 fully saturated rings. The first-order chi connectivity index (χ1) is 9.34. The molecule has 2 rings (SSSR count). The molecule has 1 aromatic rings. The molecular formula is C15H23N3O. The zero-order chi connectivity index (χ0) is 13.3. The van der Waals surface area contributed by atoms with E-state index in [1.54, 1.807) is 12.4 Å². The third kappa shape index (κ3) is 5.37. The van der Waals surface area contributed by atoms with Crippen LogP contribution in [-0.2, 0) is 11.2 Å². The van der Waals surface area contributed by atoms with Crippen molar-refractivity contribution in [2.24, 2.45) is 5.92 Å². The molecule has 0 unspecified atom stereocenters.